The van der Waals surface area contributed by atoms with Crippen molar-refractivity contribution < 1.29 is 4.79 Å². The van der Waals surface area contributed by atoms with Gasteiger partial charge >= 0.3 is 6.03 Å². The third-order valence-electron chi connectivity index (χ3n) is 1.88. The van der Waals surface area contributed by atoms with Gasteiger partial charge in [-0.1, -0.05) is 29.8 Å². The van der Waals surface area contributed by atoms with Crippen LogP contribution in [0.1, 0.15) is 25.0 Å². The van der Waals surface area contributed by atoms with Crippen LogP contribution in [-0.2, 0) is 0 Å². The van der Waals surface area contributed by atoms with Gasteiger partial charge in [-0.05, 0) is 26.3 Å². The zero-order chi connectivity index (χ0) is 12.0. The summed E-state index contributed by atoms with van der Waals surface area (Å²) in [5, 5.41) is 6.51. The maximum absolute atomic E-state index is 11.2. The van der Waals surface area contributed by atoms with E-state index in [0.717, 1.165) is 5.56 Å². The Morgan fingerprint density at radius 1 is 1.31 bits per heavy atom. The highest BCUT2D eigenvalue weighted by Crippen LogP contribution is 1.99. The van der Waals surface area contributed by atoms with Crippen molar-refractivity contribution in [1.82, 2.24) is 10.7 Å². The number of hydrogen-bond donors (Lipinski definition) is 2. The predicted octanol–water partition coefficient (Wildman–Crippen LogP) is 2.04. The molecule has 0 radical (unpaired) electrons. The number of aryl methyl sites for hydroxylation is 1. The van der Waals surface area contributed by atoms with Crippen LogP contribution >= 0.6 is 0 Å². The Labute approximate surface area is 95.7 Å². The molecule has 0 aromatic heterocycles. The van der Waals surface area contributed by atoms with Gasteiger partial charge in [0.25, 0.3) is 0 Å². The molecular weight excluding hydrogens is 202 g/mol. The Bertz CT molecular complexity index is 368. The van der Waals surface area contributed by atoms with Gasteiger partial charge in [0.05, 0.1) is 6.21 Å². The van der Waals surface area contributed by atoms with Crippen molar-refractivity contribution in [3.05, 3.63) is 35.4 Å². The fourth-order valence-corrected chi connectivity index (χ4v) is 1.11. The molecule has 0 aliphatic heterocycles. The summed E-state index contributed by atoms with van der Waals surface area (Å²) in [5.41, 5.74) is 4.55. The minimum Gasteiger partial charge on any atom is -0.335 e. The number of urea groups is 1. The standard InChI is InChI=1S/C12H17N3O/c1-9(2)14-12(16)15-13-8-11-6-4-10(3)5-7-11/h4-9H,1-3H3,(H2,14,15,16)/b13-8+. The van der Waals surface area contributed by atoms with Crippen LogP contribution in [0.5, 0.6) is 0 Å². The fraction of sp³-hybridized carbons (Fsp3) is 0.333. The van der Waals surface area contributed by atoms with Crippen molar-refractivity contribution in [1.29, 1.82) is 0 Å². The molecule has 1 rings (SSSR count). The summed E-state index contributed by atoms with van der Waals surface area (Å²) in [6.45, 7) is 5.81. The van der Waals surface area contributed by atoms with E-state index in [0.29, 0.717) is 0 Å². The number of rotatable bonds is 3. The lowest BCUT2D eigenvalue weighted by molar-refractivity contribution is 0.239. The molecule has 86 valence electrons. The van der Waals surface area contributed by atoms with Crippen molar-refractivity contribution in [2.45, 2.75) is 26.8 Å². The van der Waals surface area contributed by atoms with Crippen molar-refractivity contribution in [3.63, 3.8) is 0 Å². The Balaban J connectivity index is 2.43. The van der Waals surface area contributed by atoms with E-state index in [1.54, 1.807) is 6.21 Å². The Morgan fingerprint density at radius 2 is 1.94 bits per heavy atom. The summed E-state index contributed by atoms with van der Waals surface area (Å²) in [4.78, 5) is 11.2. The molecule has 0 saturated heterocycles. The first-order valence-corrected chi connectivity index (χ1v) is 5.24. The van der Waals surface area contributed by atoms with Crippen LogP contribution in [-0.4, -0.2) is 18.3 Å². The van der Waals surface area contributed by atoms with Gasteiger partial charge in [0.1, 0.15) is 0 Å². The van der Waals surface area contributed by atoms with E-state index in [9.17, 15) is 4.79 Å². The summed E-state index contributed by atoms with van der Waals surface area (Å²) in [6.07, 6.45) is 1.61. The lowest BCUT2D eigenvalue weighted by atomic mass is 10.2. The third-order valence-corrected chi connectivity index (χ3v) is 1.88. The topological polar surface area (TPSA) is 53.5 Å². The first kappa shape index (κ1) is 12.2. The molecule has 0 unspecified atom stereocenters. The molecular formula is C12H17N3O. The molecule has 0 spiro atoms. The second-order valence-corrected chi connectivity index (χ2v) is 3.91. The summed E-state index contributed by atoms with van der Waals surface area (Å²) >= 11 is 0. The maximum Gasteiger partial charge on any atom is 0.335 e. The van der Waals surface area contributed by atoms with E-state index in [2.05, 4.69) is 15.8 Å². The summed E-state index contributed by atoms with van der Waals surface area (Å²) < 4.78 is 0. The highest BCUT2D eigenvalue weighted by Gasteiger charge is 1.98. The number of hydrogen-bond acceptors (Lipinski definition) is 2. The van der Waals surface area contributed by atoms with Gasteiger partial charge in [-0.2, -0.15) is 5.10 Å². The van der Waals surface area contributed by atoms with E-state index < -0.39 is 0 Å². The Kier molecular flexibility index (Phi) is 4.51. The van der Waals surface area contributed by atoms with Crippen molar-refractivity contribution in [2.24, 2.45) is 5.10 Å². The van der Waals surface area contributed by atoms with Crippen LogP contribution in [0, 0.1) is 6.92 Å². The summed E-state index contributed by atoms with van der Waals surface area (Å²) in [6, 6.07) is 7.69. The predicted molar refractivity (Wildman–Crippen MR) is 65.6 cm³/mol. The van der Waals surface area contributed by atoms with Crippen LogP contribution in [0.2, 0.25) is 0 Å². The molecule has 2 amide bonds. The smallest absolute Gasteiger partial charge is 0.335 e. The van der Waals surface area contributed by atoms with E-state index in [-0.39, 0.29) is 12.1 Å². The molecule has 1 aromatic rings. The van der Waals surface area contributed by atoms with Crippen LogP contribution < -0.4 is 10.7 Å². The van der Waals surface area contributed by atoms with E-state index in [1.165, 1.54) is 5.56 Å². The SMILES string of the molecule is Cc1ccc(/C=N/NC(=O)NC(C)C)cc1. The van der Waals surface area contributed by atoms with Gasteiger partial charge in [-0.3, -0.25) is 0 Å². The molecule has 0 aliphatic rings. The van der Waals surface area contributed by atoms with Gasteiger partial charge in [0, 0.05) is 6.04 Å². The summed E-state index contributed by atoms with van der Waals surface area (Å²) in [7, 11) is 0. The number of benzene rings is 1. The minimum absolute atomic E-state index is 0.106. The fourth-order valence-electron chi connectivity index (χ4n) is 1.11. The minimum atomic E-state index is -0.293. The molecule has 2 N–H and O–H groups in total. The van der Waals surface area contributed by atoms with Crippen LogP contribution in [0.15, 0.2) is 29.4 Å². The lowest BCUT2D eigenvalue weighted by Gasteiger charge is -2.06. The van der Waals surface area contributed by atoms with Crippen LogP contribution in [0.4, 0.5) is 4.79 Å². The van der Waals surface area contributed by atoms with Crippen LogP contribution in [0.3, 0.4) is 0 Å². The molecule has 0 fully saturated rings. The lowest BCUT2D eigenvalue weighted by Crippen LogP contribution is -2.36. The number of nitrogens with zero attached hydrogens (tertiary/aromatic N) is 1. The second kappa shape index (κ2) is 5.90. The highest BCUT2D eigenvalue weighted by molar-refractivity contribution is 5.81. The molecule has 0 heterocycles. The molecule has 0 aliphatic carbocycles. The largest absolute Gasteiger partial charge is 0.335 e. The second-order valence-electron chi connectivity index (χ2n) is 3.91. The van der Waals surface area contributed by atoms with Crippen LogP contribution in [0.25, 0.3) is 0 Å². The first-order valence-electron chi connectivity index (χ1n) is 5.24. The molecule has 0 bridgehead atoms. The molecule has 16 heavy (non-hydrogen) atoms. The van der Waals surface area contributed by atoms with Gasteiger partial charge in [-0.25, -0.2) is 10.2 Å². The average Bonchev–Trinajstić information content (AvgIpc) is 2.20. The van der Waals surface area contributed by atoms with E-state index in [4.69, 9.17) is 0 Å². The van der Waals surface area contributed by atoms with Gasteiger partial charge in [-0.15, -0.1) is 0 Å². The molecule has 0 atom stereocenters. The van der Waals surface area contributed by atoms with Gasteiger partial charge in [0.2, 0.25) is 0 Å². The number of nitrogens with one attached hydrogen (secondary N) is 2. The summed E-state index contributed by atoms with van der Waals surface area (Å²) in [5.74, 6) is 0. The molecule has 4 heteroatoms. The number of amides is 2. The Hall–Kier alpha value is -1.84. The van der Waals surface area contributed by atoms with Crippen molar-refractivity contribution in [3.8, 4) is 0 Å². The monoisotopic (exact) mass is 219 g/mol. The van der Waals surface area contributed by atoms with Gasteiger partial charge in [0.15, 0.2) is 0 Å². The van der Waals surface area contributed by atoms with E-state index >= 15 is 0 Å². The normalized spacial score (nSPS) is 10.8. The Morgan fingerprint density at radius 3 is 2.50 bits per heavy atom. The zero-order valence-electron chi connectivity index (χ0n) is 9.82. The average molecular weight is 219 g/mol. The number of hydrazone groups is 1. The first-order chi connectivity index (χ1) is 7.58. The quantitative estimate of drug-likeness (QED) is 0.593. The third kappa shape index (κ3) is 4.59. The highest BCUT2D eigenvalue weighted by atomic mass is 16.2. The van der Waals surface area contributed by atoms with Crippen molar-refractivity contribution in [2.75, 3.05) is 0 Å². The number of carbonyl (C=O) groups is 1. The van der Waals surface area contributed by atoms with Crippen molar-refractivity contribution >= 4 is 12.2 Å². The van der Waals surface area contributed by atoms with E-state index in [1.807, 2.05) is 45.0 Å². The molecule has 0 saturated carbocycles. The maximum atomic E-state index is 11.2. The van der Waals surface area contributed by atoms with Gasteiger partial charge < -0.3 is 5.32 Å². The number of carbonyl (C=O) groups excluding carboxylic acids is 1. The zero-order valence-corrected chi connectivity index (χ0v) is 9.82. The molecule has 1 aromatic carbocycles. The molecule has 4 nitrogen and oxygen atoms in total.